The van der Waals surface area contributed by atoms with Crippen molar-refractivity contribution >= 4 is 0 Å². The summed E-state index contributed by atoms with van der Waals surface area (Å²) in [5, 5.41) is 3.45. The van der Waals surface area contributed by atoms with E-state index in [1.807, 2.05) is 0 Å². The molecule has 18 heavy (non-hydrogen) atoms. The van der Waals surface area contributed by atoms with Crippen molar-refractivity contribution in [3.63, 3.8) is 0 Å². The summed E-state index contributed by atoms with van der Waals surface area (Å²) in [5.41, 5.74) is 1.45. The second-order valence-corrected chi connectivity index (χ2v) is 5.23. The quantitative estimate of drug-likeness (QED) is 0.597. The van der Waals surface area contributed by atoms with Crippen molar-refractivity contribution < 1.29 is 0 Å². The van der Waals surface area contributed by atoms with E-state index in [1.54, 1.807) is 0 Å². The van der Waals surface area contributed by atoms with E-state index in [0.29, 0.717) is 6.04 Å². The van der Waals surface area contributed by atoms with Crippen LogP contribution in [0.4, 0.5) is 0 Å². The minimum absolute atomic E-state index is 0.638. The molecule has 1 aromatic carbocycles. The summed E-state index contributed by atoms with van der Waals surface area (Å²) in [6.07, 6.45) is 10.8. The van der Waals surface area contributed by atoms with Gasteiger partial charge in [0.25, 0.3) is 0 Å². The Morgan fingerprint density at radius 1 is 0.944 bits per heavy atom. The molecule has 0 saturated heterocycles. The highest BCUT2D eigenvalue weighted by Crippen LogP contribution is 2.11. The zero-order valence-corrected chi connectivity index (χ0v) is 12.1. The molecule has 102 valence electrons. The third kappa shape index (κ3) is 6.80. The Labute approximate surface area is 113 Å². The molecule has 0 saturated carbocycles. The molecule has 1 heteroatoms. The normalized spacial score (nSPS) is 12.6. The zero-order valence-electron chi connectivity index (χ0n) is 12.1. The van der Waals surface area contributed by atoms with Gasteiger partial charge in [-0.15, -0.1) is 0 Å². The van der Waals surface area contributed by atoms with E-state index in [9.17, 15) is 0 Å². The second-order valence-electron chi connectivity index (χ2n) is 5.23. The van der Waals surface area contributed by atoms with Gasteiger partial charge in [-0.2, -0.15) is 0 Å². The summed E-state index contributed by atoms with van der Waals surface area (Å²) in [7, 11) is 2.09. The average molecular weight is 247 g/mol. The number of likely N-dealkylation sites (N-methyl/N-ethyl adjacent to an activating group) is 1. The first-order valence-electron chi connectivity index (χ1n) is 7.58. The Morgan fingerprint density at radius 3 is 2.28 bits per heavy atom. The topological polar surface area (TPSA) is 12.0 Å². The smallest absolute Gasteiger partial charge is 0.0104 e. The van der Waals surface area contributed by atoms with Crippen LogP contribution < -0.4 is 5.32 Å². The Hall–Kier alpha value is -0.820. The van der Waals surface area contributed by atoms with Crippen LogP contribution in [-0.2, 0) is 6.42 Å². The number of rotatable bonds is 10. The van der Waals surface area contributed by atoms with Gasteiger partial charge in [-0.25, -0.2) is 0 Å². The molecule has 1 nitrogen and oxygen atoms in total. The lowest BCUT2D eigenvalue weighted by molar-refractivity contribution is 0.480. The lowest BCUT2D eigenvalue weighted by Gasteiger charge is -2.16. The fraction of sp³-hybridized carbons (Fsp3) is 0.647. The number of nitrogens with one attached hydrogen (secondary N) is 1. The first kappa shape index (κ1) is 15.2. The third-order valence-electron chi connectivity index (χ3n) is 3.64. The maximum atomic E-state index is 3.45. The van der Waals surface area contributed by atoms with Gasteiger partial charge in [0.15, 0.2) is 0 Å². The number of unbranched alkanes of at least 4 members (excludes halogenated alkanes) is 5. The highest BCUT2D eigenvalue weighted by molar-refractivity contribution is 5.15. The van der Waals surface area contributed by atoms with E-state index in [0.717, 1.165) is 6.42 Å². The van der Waals surface area contributed by atoms with Gasteiger partial charge in [-0.05, 0) is 25.5 Å². The SMILES string of the molecule is CCCCCCCCC(Cc1ccccc1)NC. The van der Waals surface area contributed by atoms with E-state index in [2.05, 4.69) is 49.6 Å². The molecule has 0 heterocycles. The second kappa shape index (κ2) is 10.1. The van der Waals surface area contributed by atoms with Crippen molar-refractivity contribution in [2.45, 2.75) is 64.3 Å². The predicted octanol–water partition coefficient (Wildman–Crippen LogP) is 4.57. The molecule has 1 atom stereocenters. The first-order chi connectivity index (χ1) is 8.86. The van der Waals surface area contributed by atoms with E-state index >= 15 is 0 Å². The Balaban J connectivity index is 2.14. The molecule has 0 aliphatic heterocycles. The van der Waals surface area contributed by atoms with Crippen LogP contribution in [0.1, 0.15) is 57.4 Å². The summed E-state index contributed by atoms with van der Waals surface area (Å²) in [6.45, 7) is 2.27. The Kier molecular flexibility index (Phi) is 8.58. The molecule has 0 fully saturated rings. The van der Waals surface area contributed by atoms with Gasteiger partial charge in [0.05, 0.1) is 0 Å². The molecule has 1 aromatic rings. The zero-order chi connectivity index (χ0) is 13.1. The van der Waals surface area contributed by atoms with Crippen molar-refractivity contribution in [1.29, 1.82) is 0 Å². The van der Waals surface area contributed by atoms with Crippen LogP contribution in [0.15, 0.2) is 30.3 Å². The Bertz CT molecular complexity index is 281. The largest absolute Gasteiger partial charge is 0.317 e. The summed E-state index contributed by atoms with van der Waals surface area (Å²) in [6, 6.07) is 11.4. The standard InChI is InChI=1S/C17H29N/c1-3-4-5-6-7-11-14-17(18-2)15-16-12-9-8-10-13-16/h8-10,12-13,17-18H,3-7,11,14-15H2,1-2H3. The molecule has 1 N–H and O–H groups in total. The molecule has 0 bridgehead atoms. The minimum Gasteiger partial charge on any atom is -0.317 e. The first-order valence-corrected chi connectivity index (χ1v) is 7.58. The number of benzene rings is 1. The fourth-order valence-corrected chi connectivity index (χ4v) is 2.42. The van der Waals surface area contributed by atoms with E-state index in [4.69, 9.17) is 0 Å². The molecular formula is C17H29N. The van der Waals surface area contributed by atoms with Crippen LogP contribution in [0.25, 0.3) is 0 Å². The third-order valence-corrected chi connectivity index (χ3v) is 3.64. The number of hydrogen-bond donors (Lipinski definition) is 1. The minimum atomic E-state index is 0.638. The van der Waals surface area contributed by atoms with Crippen molar-refractivity contribution in [3.05, 3.63) is 35.9 Å². The molecular weight excluding hydrogens is 218 g/mol. The molecule has 0 spiro atoms. The lowest BCUT2D eigenvalue weighted by atomic mass is 10.00. The number of hydrogen-bond acceptors (Lipinski definition) is 1. The van der Waals surface area contributed by atoms with Crippen molar-refractivity contribution in [2.24, 2.45) is 0 Å². The summed E-state index contributed by atoms with van der Waals surface area (Å²) < 4.78 is 0. The van der Waals surface area contributed by atoms with E-state index in [-0.39, 0.29) is 0 Å². The van der Waals surface area contributed by atoms with Gasteiger partial charge in [-0.3, -0.25) is 0 Å². The molecule has 0 aliphatic rings. The van der Waals surface area contributed by atoms with Crippen LogP contribution in [0.5, 0.6) is 0 Å². The van der Waals surface area contributed by atoms with Gasteiger partial charge in [-0.1, -0.05) is 75.8 Å². The van der Waals surface area contributed by atoms with Gasteiger partial charge in [0.2, 0.25) is 0 Å². The van der Waals surface area contributed by atoms with Crippen LogP contribution in [0.2, 0.25) is 0 Å². The average Bonchev–Trinajstić information content (AvgIpc) is 2.42. The molecule has 0 aromatic heterocycles. The highest BCUT2D eigenvalue weighted by atomic mass is 14.9. The monoisotopic (exact) mass is 247 g/mol. The van der Waals surface area contributed by atoms with Crippen LogP contribution in [0, 0.1) is 0 Å². The van der Waals surface area contributed by atoms with Crippen LogP contribution in [0.3, 0.4) is 0 Å². The lowest BCUT2D eigenvalue weighted by Crippen LogP contribution is -2.27. The van der Waals surface area contributed by atoms with Crippen LogP contribution >= 0.6 is 0 Å². The highest BCUT2D eigenvalue weighted by Gasteiger charge is 2.06. The van der Waals surface area contributed by atoms with E-state index in [1.165, 1.54) is 50.5 Å². The van der Waals surface area contributed by atoms with Crippen molar-refractivity contribution in [1.82, 2.24) is 5.32 Å². The van der Waals surface area contributed by atoms with Gasteiger partial charge < -0.3 is 5.32 Å². The molecule has 1 unspecified atom stereocenters. The Morgan fingerprint density at radius 2 is 1.61 bits per heavy atom. The maximum Gasteiger partial charge on any atom is 0.0104 e. The molecule has 1 rings (SSSR count). The van der Waals surface area contributed by atoms with Crippen molar-refractivity contribution in [3.8, 4) is 0 Å². The van der Waals surface area contributed by atoms with Crippen molar-refractivity contribution in [2.75, 3.05) is 7.05 Å². The summed E-state index contributed by atoms with van der Waals surface area (Å²) in [4.78, 5) is 0. The summed E-state index contributed by atoms with van der Waals surface area (Å²) in [5.74, 6) is 0. The molecule has 0 radical (unpaired) electrons. The van der Waals surface area contributed by atoms with Gasteiger partial charge >= 0.3 is 0 Å². The van der Waals surface area contributed by atoms with Gasteiger partial charge in [0.1, 0.15) is 0 Å². The fourth-order valence-electron chi connectivity index (χ4n) is 2.42. The predicted molar refractivity (Wildman–Crippen MR) is 81.0 cm³/mol. The molecule has 0 aliphatic carbocycles. The molecule has 0 amide bonds. The van der Waals surface area contributed by atoms with Gasteiger partial charge in [0, 0.05) is 6.04 Å². The van der Waals surface area contributed by atoms with E-state index < -0.39 is 0 Å². The summed E-state index contributed by atoms with van der Waals surface area (Å²) >= 11 is 0. The van der Waals surface area contributed by atoms with Crippen LogP contribution in [-0.4, -0.2) is 13.1 Å². The maximum absolute atomic E-state index is 3.45.